The molecule has 140 valence electrons. The predicted octanol–water partition coefficient (Wildman–Crippen LogP) is 0.929. The molecule has 3 amide bonds. The lowest BCUT2D eigenvalue weighted by atomic mass is 10.3. The Balaban J connectivity index is 2.04. The van der Waals surface area contributed by atoms with Gasteiger partial charge in [-0.1, -0.05) is 17.3 Å². The third-order valence-corrected chi connectivity index (χ3v) is 5.15. The van der Waals surface area contributed by atoms with Crippen LogP contribution in [-0.4, -0.2) is 48.0 Å². The Morgan fingerprint density at radius 1 is 1.22 bits per heavy atom. The molecule has 0 unspecified atom stereocenters. The van der Waals surface area contributed by atoms with Crippen molar-refractivity contribution in [3.05, 3.63) is 16.9 Å². The fraction of sp³-hybridized carbons (Fsp3) is 0.333. The standard InChI is InChI=1S/C18H17N3O5S/c1-4-7-20-11-8-12(25-2)13(26-3)9-14(11)27-18(20)19-15(22)10-21-16(23)5-6-17(21)24/h1,8-9H,5-7,10H2,2-3H3. The van der Waals surface area contributed by atoms with Gasteiger partial charge in [0.1, 0.15) is 6.54 Å². The summed E-state index contributed by atoms with van der Waals surface area (Å²) >= 11 is 1.26. The Labute approximate surface area is 159 Å². The van der Waals surface area contributed by atoms with E-state index in [9.17, 15) is 14.4 Å². The molecule has 0 bridgehead atoms. The maximum absolute atomic E-state index is 12.3. The van der Waals surface area contributed by atoms with E-state index in [-0.39, 0.29) is 37.7 Å². The van der Waals surface area contributed by atoms with Crippen molar-refractivity contribution in [2.45, 2.75) is 19.4 Å². The number of hydrogen-bond donors (Lipinski definition) is 0. The second-order valence-corrected chi connectivity index (χ2v) is 6.74. The van der Waals surface area contributed by atoms with Gasteiger partial charge in [0.15, 0.2) is 16.3 Å². The number of nitrogens with zero attached hydrogens (tertiary/aromatic N) is 3. The zero-order valence-corrected chi connectivity index (χ0v) is 15.7. The number of fused-ring (bicyclic) bond motifs is 1. The number of methoxy groups -OCH3 is 2. The number of carbonyl (C=O) groups is 3. The SMILES string of the molecule is C#CCn1c(=NC(=O)CN2C(=O)CCC2=O)sc2cc(OC)c(OC)cc21. The molecule has 8 nitrogen and oxygen atoms in total. The van der Waals surface area contributed by atoms with Crippen LogP contribution in [-0.2, 0) is 20.9 Å². The Hall–Kier alpha value is -3.12. The summed E-state index contributed by atoms with van der Waals surface area (Å²) < 4.78 is 13.1. The highest BCUT2D eigenvalue weighted by Crippen LogP contribution is 2.33. The number of ether oxygens (including phenoxy) is 2. The van der Waals surface area contributed by atoms with Crippen molar-refractivity contribution < 1.29 is 23.9 Å². The summed E-state index contributed by atoms with van der Waals surface area (Å²) in [6, 6.07) is 3.54. The first-order chi connectivity index (χ1) is 13.0. The van der Waals surface area contributed by atoms with Gasteiger partial charge < -0.3 is 14.0 Å². The fourth-order valence-electron chi connectivity index (χ4n) is 2.80. The van der Waals surface area contributed by atoms with Crippen molar-refractivity contribution in [3.8, 4) is 23.8 Å². The first kappa shape index (κ1) is 18.7. The van der Waals surface area contributed by atoms with Crippen LogP contribution in [0.25, 0.3) is 10.2 Å². The molecule has 1 aliphatic rings. The van der Waals surface area contributed by atoms with Gasteiger partial charge in [-0.15, -0.1) is 6.42 Å². The van der Waals surface area contributed by atoms with Crippen molar-refractivity contribution in [3.63, 3.8) is 0 Å². The molecule has 3 rings (SSSR count). The van der Waals surface area contributed by atoms with Crippen molar-refractivity contribution in [2.24, 2.45) is 4.99 Å². The van der Waals surface area contributed by atoms with Gasteiger partial charge in [-0.25, -0.2) is 0 Å². The second-order valence-electron chi connectivity index (χ2n) is 5.73. The summed E-state index contributed by atoms with van der Waals surface area (Å²) in [4.78, 5) is 41.1. The molecule has 9 heteroatoms. The summed E-state index contributed by atoms with van der Waals surface area (Å²) in [5.74, 6) is 2.31. The van der Waals surface area contributed by atoms with E-state index in [1.54, 1.807) is 16.7 Å². The molecule has 1 aromatic carbocycles. The molecule has 0 radical (unpaired) electrons. The molecule has 1 saturated heterocycles. The van der Waals surface area contributed by atoms with Crippen molar-refractivity contribution in [1.29, 1.82) is 0 Å². The quantitative estimate of drug-likeness (QED) is 0.562. The minimum atomic E-state index is -0.588. The number of carbonyl (C=O) groups excluding carboxylic acids is 3. The van der Waals surface area contributed by atoms with E-state index in [2.05, 4.69) is 10.9 Å². The Morgan fingerprint density at radius 2 is 1.85 bits per heavy atom. The summed E-state index contributed by atoms with van der Waals surface area (Å²) in [6.45, 7) is -0.169. The molecule has 1 aromatic heterocycles. The molecule has 0 aliphatic carbocycles. The molecular weight excluding hydrogens is 370 g/mol. The fourth-order valence-corrected chi connectivity index (χ4v) is 3.86. The third-order valence-electron chi connectivity index (χ3n) is 4.11. The first-order valence-electron chi connectivity index (χ1n) is 8.08. The highest BCUT2D eigenvalue weighted by molar-refractivity contribution is 7.16. The van der Waals surface area contributed by atoms with E-state index in [1.165, 1.54) is 25.6 Å². The zero-order chi connectivity index (χ0) is 19.6. The number of likely N-dealkylation sites (tertiary alicyclic amines) is 1. The predicted molar refractivity (Wildman–Crippen MR) is 98.3 cm³/mol. The average molecular weight is 387 g/mol. The maximum Gasteiger partial charge on any atom is 0.268 e. The Bertz CT molecular complexity index is 1030. The van der Waals surface area contributed by atoms with Gasteiger partial charge in [0, 0.05) is 25.0 Å². The minimum Gasteiger partial charge on any atom is -0.493 e. The van der Waals surface area contributed by atoms with Crippen LogP contribution in [0.1, 0.15) is 12.8 Å². The van der Waals surface area contributed by atoms with Crippen LogP contribution >= 0.6 is 11.3 Å². The highest BCUT2D eigenvalue weighted by atomic mass is 32.1. The van der Waals surface area contributed by atoms with E-state index in [0.29, 0.717) is 16.3 Å². The number of thiazole rings is 1. The minimum absolute atomic E-state index is 0.131. The van der Waals surface area contributed by atoms with Crippen molar-refractivity contribution in [2.75, 3.05) is 20.8 Å². The smallest absolute Gasteiger partial charge is 0.268 e. The number of benzene rings is 1. The Morgan fingerprint density at radius 3 is 2.44 bits per heavy atom. The number of aromatic nitrogens is 1. The normalized spacial score (nSPS) is 14.7. The molecule has 0 saturated carbocycles. The topological polar surface area (TPSA) is 90.2 Å². The lowest BCUT2D eigenvalue weighted by Gasteiger charge is -2.10. The van der Waals surface area contributed by atoms with Crippen LogP contribution < -0.4 is 14.3 Å². The van der Waals surface area contributed by atoms with Crippen LogP contribution in [0.5, 0.6) is 11.5 Å². The van der Waals surface area contributed by atoms with Crippen LogP contribution in [0.3, 0.4) is 0 Å². The number of rotatable bonds is 5. The van der Waals surface area contributed by atoms with Gasteiger partial charge in [0.05, 0.1) is 31.0 Å². The van der Waals surface area contributed by atoms with Gasteiger partial charge >= 0.3 is 0 Å². The molecule has 0 N–H and O–H groups in total. The van der Waals surface area contributed by atoms with Gasteiger partial charge in [0.25, 0.3) is 5.91 Å². The van der Waals surface area contributed by atoms with Crippen LogP contribution in [0.2, 0.25) is 0 Å². The molecule has 1 aliphatic heterocycles. The summed E-state index contributed by atoms with van der Waals surface area (Å²) in [5.41, 5.74) is 0.746. The van der Waals surface area contributed by atoms with E-state index in [4.69, 9.17) is 15.9 Å². The van der Waals surface area contributed by atoms with Gasteiger partial charge in [0.2, 0.25) is 11.8 Å². The van der Waals surface area contributed by atoms with E-state index in [1.807, 2.05) is 0 Å². The van der Waals surface area contributed by atoms with E-state index < -0.39 is 5.91 Å². The van der Waals surface area contributed by atoms with Gasteiger partial charge in [-0.3, -0.25) is 19.3 Å². The number of amides is 3. The lowest BCUT2D eigenvalue weighted by Crippen LogP contribution is -2.34. The molecule has 1 fully saturated rings. The second kappa shape index (κ2) is 7.63. The average Bonchev–Trinajstić information content (AvgIpc) is 3.14. The lowest BCUT2D eigenvalue weighted by molar-refractivity contribution is -0.141. The van der Waals surface area contributed by atoms with Crippen molar-refractivity contribution in [1.82, 2.24) is 9.47 Å². The van der Waals surface area contributed by atoms with Crippen molar-refractivity contribution >= 4 is 39.3 Å². The number of hydrogen-bond acceptors (Lipinski definition) is 6. The van der Waals surface area contributed by atoms with E-state index in [0.717, 1.165) is 15.1 Å². The summed E-state index contributed by atoms with van der Waals surface area (Å²) in [6.07, 6.45) is 5.72. The zero-order valence-electron chi connectivity index (χ0n) is 14.9. The van der Waals surface area contributed by atoms with Gasteiger partial charge in [-0.2, -0.15) is 4.99 Å². The molecule has 2 heterocycles. The monoisotopic (exact) mass is 387 g/mol. The maximum atomic E-state index is 12.3. The first-order valence-corrected chi connectivity index (χ1v) is 8.89. The molecular formula is C18H17N3O5S. The van der Waals surface area contributed by atoms with Gasteiger partial charge in [-0.05, 0) is 0 Å². The molecule has 0 atom stereocenters. The number of imide groups is 1. The molecule has 0 spiro atoms. The largest absolute Gasteiger partial charge is 0.493 e. The summed E-state index contributed by atoms with van der Waals surface area (Å²) in [7, 11) is 3.06. The van der Waals surface area contributed by atoms with Crippen LogP contribution in [0, 0.1) is 12.3 Å². The van der Waals surface area contributed by atoms with Crippen LogP contribution in [0.15, 0.2) is 17.1 Å². The third kappa shape index (κ3) is 3.57. The highest BCUT2D eigenvalue weighted by Gasteiger charge is 2.30. The number of terminal acetylenes is 1. The van der Waals surface area contributed by atoms with E-state index >= 15 is 0 Å². The van der Waals surface area contributed by atoms with Crippen LogP contribution in [0.4, 0.5) is 0 Å². The molecule has 2 aromatic rings. The summed E-state index contributed by atoms with van der Waals surface area (Å²) in [5, 5.41) is 0. The Kier molecular flexibility index (Phi) is 5.28. The molecule has 27 heavy (non-hydrogen) atoms.